The maximum Gasteiger partial charge on any atom is 0.147 e. The van der Waals surface area contributed by atoms with Gasteiger partial charge in [0.25, 0.3) is 0 Å². The first-order valence-corrected chi connectivity index (χ1v) is 20.3. The molecule has 1 unspecified atom stereocenters. The summed E-state index contributed by atoms with van der Waals surface area (Å²) in [6.45, 7) is 0. The zero-order valence-corrected chi connectivity index (χ0v) is 24.3. The molecular weight excluding hydrogens is 525 g/mol. The van der Waals surface area contributed by atoms with Crippen molar-refractivity contribution in [3.8, 4) is 0 Å². The van der Waals surface area contributed by atoms with Gasteiger partial charge in [0, 0.05) is 61.7 Å². The zero-order valence-electron chi connectivity index (χ0n) is 20.2. The maximum atomic E-state index is 11.1. The van der Waals surface area contributed by atoms with E-state index in [4.69, 9.17) is 0 Å². The van der Waals surface area contributed by atoms with Gasteiger partial charge in [0.05, 0.1) is 5.75 Å². The Bertz CT molecular complexity index is 968. The first-order valence-electron chi connectivity index (χ1n) is 9.00. The quantitative estimate of drug-likeness (QED) is 0.418. The highest BCUT2D eigenvalue weighted by molar-refractivity contribution is 7.91. The molecule has 15 heteroatoms. The van der Waals surface area contributed by atoms with Crippen LogP contribution in [0.1, 0.15) is 19.3 Å². The van der Waals surface area contributed by atoms with Crippen LogP contribution in [-0.4, -0.2) is 104 Å². The summed E-state index contributed by atoms with van der Waals surface area (Å²) in [5, 5.41) is 0. The van der Waals surface area contributed by atoms with Gasteiger partial charge in [-0.2, -0.15) is 0 Å². The fraction of sp³-hybridized carbons (Fsp3) is 0.882. The minimum Gasteiger partial charge on any atom is -0.229 e. The van der Waals surface area contributed by atoms with E-state index in [2.05, 4.69) is 12.2 Å². The molecule has 0 radical (unpaired) electrons. The molecule has 1 atom stereocenters. The van der Waals surface area contributed by atoms with Gasteiger partial charge in [-0.25, -0.2) is 42.1 Å². The molecule has 2 aliphatic rings. The Morgan fingerprint density at radius 2 is 0.844 bits per heavy atom. The third-order valence-electron chi connectivity index (χ3n) is 3.02. The smallest absolute Gasteiger partial charge is 0.147 e. The van der Waals surface area contributed by atoms with Crippen LogP contribution in [0.25, 0.3) is 0 Å². The van der Waals surface area contributed by atoms with Crippen molar-refractivity contribution in [3.05, 3.63) is 12.2 Å². The zero-order chi connectivity index (χ0) is 26.8. The molecule has 0 aromatic heterocycles. The van der Waals surface area contributed by atoms with Gasteiger partial charge in [0.15, 0.2) is 0 Å². The van der Waals surface area contributed by atoms with Gasteiger partial charge in [-0.3, -0.25) is 0 Å². The molecule has 0 heterocycles. The molecule has 2 rings (SSSR count). The van der Waals surface area contributed by atoms with Crippen LogP contribution in [-0.2, 0) is 49.2 Å². The van der Waals surface area contributed by atoms with E-state index in [9.17, 15) is 42.1 Å². The summed E-state index contributed by atoms with van der Waals surface area (Å²) in [6, 6.07) is 0. The first-order chi connectivity index (χ1) is 13.5. The Kier molecular flexibility index (Phi) is 15.1. The molecule has 32 heavy (non-hydrogen) atoms. The van der Waals surface area contributed by atoms with Crippen molar-refractivity contribution in [3.63, 3.8) is 0 Å². The van der Waals surface area contributed by atoms with Crippen LogP contribution in [0.15, 0.2) is 12.2 Å². The average Bonchev–Trinajstić information content (AvgIpc) is 2.98. The fourth-order valence-electron chi connectivity index (χ4n) is 2.28. The lowest BCUT2D eigenvalue weighted by atomic mass is 9.92. The SMILES string of the molecule is CS(=O)(=O)CC1CCCC12C=C2.CS(C)(=O)=O.CS(C)(=O)=O.CS(C)(=O)=O.CS(C)(=O)=O. The molecule has 196 valence electrons. The molecule has 0 aromatic rings. The molecule has 10 nitrogen and oxygen atoms in total. The van der Waals surface area contributed by atoms with Gasteiger partial charge in [-0.15, -0.1) is 0 Å². The minimum absolute atomic E-state index is 0.239. The second-order valence-electron chi connectivity index (χ2n) is 8.70. The summed E-state index contributed by atoms with van der Waals surface area (Å²) in [5.74, 6) is 0.757. The van der Waals surface area contributed by atoms with Crippen LogP contribution in [0.5, 0.6) is 0 Å². The van der Waals surface area contributed by atoms with Crippen LogP contribution >= 0.6 is 0 Å². The van der Waals surface area contributed by atoms with E-state index in [1.165, 1.54) is 19.1 Å². The lowest BCUT2D eigenvalue weighted by Crippen LogP contribution is -2.20. The summed E-state index contributed by atoms with van der Waals surface area (Å²) in [6.07, 6.45) is 18.4. The Morgan fingerprint density at radius 1 is 0.594 bits per heavy atom. The maximum absolute atomic E-state index is 11.1. The Balaban J connectivity index is -0.000000360. The summed E-state index contributed by atoms with van der Waals surface area (Å²) < 4.78 is 99.2. The van der Waals surface area contributed by atoms with Crippen molar-refractivity contribution in [1.82, 2.24) is 0 Å². The predicted octanol–water partition coefficient (Wildman–Crippen LogP) is 0.0305. The molecule has 0 bridgehead atoms. The number of sulfone groups is 5. The van der Waals surface area contributed by atoms with Crippen LogP contribution in [0.3, 0.4) is 0 Å². The Hall–Kier alpha value is -0.510. The van der Waals surface area contributed by atoms with E-state index >= 15 is 0 Å². The van der Waals surface area contributed by atoms with Crippen molar-refractivity contribution < 1.29 is 42.1 Å². The van der Waals surface area contributed by atoms with E-state index in [0.29, 0.717) is 11.7 Å². The van der Waals surface area contributed by atoms with Crippen molar-refractivity contribution >= 4 is 49.2 Å². The average molecular weight is 563 g/mol. The van der Waals surface area contributed by atoms with Gasteiger partial charge >= 0.3 is 0 Å². The highest BCUT2D eigenvalue weighted by atomic mass is 32.2. The molecule has 1 saturated carbocycles. The molecule has 0 saturated heterocycles. The minimum atomic E-state index is -2.78. The van der Waals surface area contributed by atoms with Gasteiger partial charge in [-0.05, 0) is 18.8 Å². The summed E-state index contributed by atoms with van der Waals surface area (Å²) in [7, 11) is -13.4. The second kappa shape index (κ2) is 13.4. The molecule has 1 fully saturated rings. The third kappa shape index (κ3) is 47.3. The third-order valence-corrected chi connectivity index (χ3v) is 4.03. The molecule has 1 spiro atoms. The van der Waals surface area contributed by atoms with Crippen molar-refractivity contribution in [2.24, 2.45) is 11.3 Å². The van der Waals surface area contributed by atoms with E-state index in [0.717, 1.165) is 56.5 Å². The molecule has 2 aliphatic carbocycles. The molecule has 0 aromatic carbocycles. The number of rotatable bonds is 2. The van der Waals surface area contributed by atoms with Crippen molar-refractivity contribution in [1.29, 1.82) is 0 Å². The normalized spacial score (nSPS) is 19.0. The lowest BCUT2D eigenvalue weighted by Gasteiger charge is -2.17. The predicted molar refractivity (Wildman–Crippen MR) is 132 cm³/mol. The summed E-state index contributed by atoms with van der Waals surface area (Å²) in [5.41, 5.74) is 0.239. The topological polar surface area (TPSA) is 171 Å². The lowest BCUT2D eigenvalue weighted by molar-refractivity contribution is 0.439. The number of hydrogen-bond acceptors (Lipinski definition) is 10. The number of hydrogen-bond donors (Lipinski definition) is 0. The van der Waals surface area contributed by atoms with Gasteiger partial charge in [-0.1, -0.05) is 18.6 Å². The Labute approximate surface area is 195 Å². The number of allylic oxidation sites excluding steroid dienone is 2. The van der Waals surface area contributed by atoms with E-state index in [-0.39, 0.29) is 5.41 Å². The molecule has 0 amide bonds. The Morgan fingerprint density at radius 3 is 1.03 bits per heavy atom. The van der Waals surface area contributed by atoms with E-state index in [1.807, 2.05) is 0 Å². The van der Waals surface area contributed by atoms with Crippen LogP contribution in [0.4, 0.5) is 0 Å². The van der Waals surface area contributed by atoms with Gasteiger partial charge in [0.2, 0.25) is 0 Å². The summed E-state index contributed by atoms with van der Waals surface area (Å²) >= 11 is 0. The first kappa shape index (κ1) is 36.1. The van der Waals surface area contributed by atoms with E-state index in [1.54, 1.807) is 0 Å². The second-order valence-corrected chi connectivity index (χ2v) is 20.0. The fourth-order valence-corrected chi connectivity index (χ4v) is 3.49. The summed E-state index contributed by atoms with van der Waals surface area (Å²) in [4.78, 5) is 0. The van der Waals surface area contributed by atoms with Gasteiger partial charge in [0.1, 0.15) is 49.2 Å². The molecule has 0 aliphatic heterocycles. The van der Waals surface area contributed by atoms with Gasteiger partial charge < -0.3 is 0 Å². The largest absolute Gasteiger partial charge is 0.229 e. The van der Waals surface area contributed by atoms with Crippen LogP contribution < -0.4 is 0 Å². The highest BCUT2D eigenvalue weighted by Crippen LogP contribution is 2.54. The monoisotopic (exact) mass is 562 g/mol. The van der Waals surface area contributed by atoms with Crippen molar-refractivity contribution in [2.45, 2.75) is 19.3 Å². The van der Waals surface area contributed by atoms with E-state index < -0.39 is 49.2 Å². The molecular formula is C17H38O10S5. The molecule has 0 N–H and O–H groups in total. The highest BCUT2D eigenvalue weighted by Gasteiger charge is 2.46. The standard InChI is InChI=1S/C9H14O2S.4C2H6O2S/c1-12(10,11)7-8-3-2-4-9(8)5-6-9;4*1-5(2,3)4/h5-6,8H,2-4,7H2,1H3;4*1-2H3. The van der Waals surface area contributed by atoms with Crippen molar-refractivity contribution in [2.75, 3.05) is 62.1 Å². The van der Waals surface area contributed by atoms with Crippen LogP contribution in [0, 0.1) is 11.3 Å². The van der Waals surface area contributed by atoms with Crippen LogP contribution in [0.2, 0.25) is 0 Å².